The Kier molecular flexibility index (Phi) is 4.75. The molecular formula is C8H15N5O2. The van der Waals surface area contributed by atoms with Gasteiger partial charge in [-0.1, -0.05) is 0 Å². The molecule has 7 nitrogen and oxygen atoms in total. The Bertz CT molecular complexity index is 290. The van der Waals surface area contributed by atoms with Crippen LogP contribution in [0.4, 0.5) is 11.6 Å². The molecule has 0 aliphatic heterocycles. The van der Waals surface area contributed by atoms with Crippen molar-refractivity contribution in [1.82, 2.24) is 9.97 Å². The molecule has 0 spiro atoms. The van der Waals surface area contributed by atoms with Gasteiger partial charge in [0.2, 0.25) is 0 Å². The van der Waals surface area contributed by atoms with Crippen LogP contribution in [-0.2, 0) is 0 Å². The van der Waals surface area contributed by atoms with E-state index in [-0.39, 0.29) is 13.2 Å². The maximum absolute atomic E-state index is 8.84. The number of aliphatic hydroxyl groups is 2. The largest absolute Gasteiger partial charge is 0.395 e. The fourth-order valence-corrected chi connectivity index (χ4v) is 1.16. The summed E-state index contributed by atoms with van der Waals surface area (Å²) in [4.78, 5) is 9.78. The molecule has 0 unspecified atom stereocenters. The van der Waals surface area contributed by atoms with E-state index in [0.717, 1.165) is 0 Å². The van der Waals surface area contributed by atoms with Crippen LogP contribution in [-0.4, -0.2) is 46.5 Å². The molecule has 1 heterocycles. The van der Waals surface area contributed by atoms with E-state index in [9.17, 15) is 0 Å². The second-order valence-corrected chi connectivity index (χ2v) is 2.84. The molecule has 15 heavy (non-hydrogen) atoms. The Morgan fingerprint density at radius 2 is 1.93 bits per heavy atom. The first-order chi connectivity index (χ1) is 7.31. The molecule has 0 fully saturated rings. The molecule has 1 aromatic heterocycles. The van der Waals surface area contributed by atoms with Crippen LogP contribution in [0, 0.1) is 0 Å². The molecule has 1 aromatic rings. The van der Waals surface area contributed by atoms with E-state index in [1.54, 1.807) is 11.1 Å². The van der Waals surface area contributed by atoms with Crippen LogP contribution in [0.1, 0.15) is 0 Å². The first-order valence-corrected chi connectivity index (χ1v) is 4.57. The Balaban J connectivity index is 2.79. The Hall–Kier alpha value is -1.44. The van der Waals surface area contributed by atoms with Crippen molar-refractivity contribution in [1.29, 1.82) is 0 Å². The van der Waals surface area contributed by atoms with E-state index in [1.807, 2.05) is 0 Å². The molecule has 0 saturated carbocycles. The number of hydrazine groups is 1. The highest BCUT2D eigenvalue weighted by Crippen LogP contribution is 2.10. The maximum atomic E-state index is 8.84. The van der Waals surface area contributed by atoms with Crippen molar-refractivity contribution in [2.24, 2.45) is 5.84 Å². The lowest BCUT2D eigenvalue weighted by Gasteiger charge is -2.21. The summed E-state index contributed by atoms with van der Waals surface area (Å²) in [6.45, 7) is 0.760. The van der Waals surface area contributed by atoms with Crippen LogP contribution >= 0.6 is 0 Å². The van der Waals surface area contributed by atoms with E-state index >= 15 is 0 Å². The van der Waals surface area contributed by atoms with Gasteiger partial charge in [0.25, 0.3) is 0 Å². The van der Waals surface area contributed by atoms with Gasteiger partial charge in [0.05, 0.1) is 25.6 Å². The molecule has 1 rings (SSSR count). The van der Waals surface area contributed by atoms with Crippen molar-refractivity contribution in [3.63, 3.8) is 0 Å². The molecule has 7 heteroatoms. The summed E-state index contributed by atoms with van der Waals surface area (Å²) in [6, 6.07) is 0. The molecular weight excluding hydrogens is 198 g/mol. The van der Waals surface area contributed by atoms with Crippen molar-refractivity contribution in [3.8, 4) is 0 Å². The fraction of sp³-hybridized carbons (Fsp3) is 0.500. The summed E-state index contributed by atoms with van der Waals surface area (Å²) < 4.78 is 0. The number of aromatic nitrogens is 2. The zero-order valence-electron chi connectivity index (χ0n) is 8.30. The lowest BCUT2D eigenvalue weighted by atomic mass is 10.4. The van der Waals surface area contributed by atoms with E-state index in [4.69, 9.17) is 16.1 Å². The van der Waals surface area contributed by atoms with Crippen LogP contribution in [0.3, 0.4) is 0 Å². The fourth-order valence-electron chi connectivity index (χ4n) is 1.16. The molecule has 0 bridgehead atoms. The molecule has 5 N–H and O–H groups in total. The lowest BCUT2D eigenvalue weighted by Crippen LogP contribution is -2.30. The molecule has 0 saturated heterocycles. The highest BCUT2D eigenvalue weighted by atomic mass is 16.3. The molecule has 0 aliphatic carbocycles. The van der Waals surface area contributed by atoms with Gasteiger partial charge in [-0.25, -0.2) is 10.8 Å². The van der Waals surface area contributed by atoms with Crippen molar-refractivity contribution >= 4 is 11.6 Å². The predicted molar refractivity (Wildman–Crippen MR) is 56.2 cm³/mol. The minimum atomic E-state index is -0.0119. The van der Waals surface area contributed by atoms with Gasteiger partial charge < -0.3 is 20.5 Å². The number of nitrogens with two attached hydrogens (primary N) is 1. The average Bonchev–Trinajstić information content (AvgIpc) is 2.29. The highest BCUT2D eigenvalue weighted by molar-refractivity contribution is 5.43. The SMILES string of the molecule is NNc1cncc(N(CCO)CCO)n1. The number of hydrogen-bond acceptors (Lipinski definition) is 7. The first kappa shape index (κ1) is 11.6. The lowest BCUT2D eigenvalue weighted by molar-refractivity contribution is 0.280. The first-order valence-electron chi connectivity index (χ1n) is 4.57. The number of hydrogen-bond donors (Lipinski definition) is 4. The van der Waals surface area contributed by atoms with E-state index in [0.29, 0.717) is 24.7 Å². The molecule has 84 valence electrons. The van der Waals surface area contributed by atoms with Gasteiger partial charge in [0.1, 0.15) is 5.82 Å². The second-order valence-electron chi connectivity index (χ2n) is 2.84. The third-order valence-corrected chi connectivity index (χ3v) is 1.83. The van der Waals surface area contributed by atoms with Gasteiger partial charge in [0, 0.05) is 13.1 Å². The topological polar surface area (TPSA) is 108 Å². The normalized spacial score (nSPS) is 10.1. The number of nitrogen functional groups attached to an aromatic ring is 1. The molecule has 0 amide bonds. The van der Waals surface area contributed by atoms with Gasteiger partial charge in [-0.3, -0.25) is 4.98 Å². The number of anilines is 2. The standard InChI is InChI=1S/C8H15N5O2/c9-12-7-5-10-6-8(11-7)13(1-3-14)2-4-15/h5-6,14-15H,1-4,9H2,(H,11,12). The molecule has 0 aliphatic rings. The molecule has 0 aromatic carbocycles. The number of nitrogens with one attached hydrogen (secondary N) is 1. The van der Waals surface area contributed by atoms with Crippen molar-refractivity contribution in [2.45, 2.75) is 0 Å². The zero-order valence-corrected chi connectivity index (χ0v) is 8.30. The second kappa shape index (κ2) is 6.12. The zero-order chi connectivity index (χ0) is 11.1. The third kappa shape index (κ3) is 3.31. The predicted octanol–water partition coefficient (Wildman–Crippen LogP) is -1.45. The Morgan fingerprint density at radius 1 is 1.27 bits per heavy atom. The number of rotatable bonds is 6. The minimum Gasteiger partial charge on any atom is -0.395 e. The van der Waals surface area contributed by atoms with Gasteiger partial charge in [-0.15, -0.1) is 0 Å². The summed E-state index contributed by atoms with van der Waals surface area (Å²) >= 11 is 0. The maximum Gasteiger partial charge on any atom is 0.160 e. The van der Waals surface area contributed by atoms with Gasteiger partial charge in [-0.2, -0.15) is 0 Å². The third-order valence-electron chi connectivity index (χ3n) is 1.83. The highest BCUT2D eigenvalue weighted by Gasteiger charge is 2.07. The summed E-state index contributed by atoms with van der Waals surface area (Å²) in [7, 11) is 0. The van der Waals surface area contributed by atoms with E-state index in [2.05, 4.69) is 15.4 Å². The van der Waals surface area contributed by atoms with Crippen LogP contribution in [0.5, 0.6) is 0 Å². The molecule has 0 atom stereocenters. The minimum absolute atomic E-state index is 0.0119. The van der Waals surface area contributed by atoms with Gasteiger partial charge >= 0.3 is 0 Å². The summed E-state index contributed by atoms with van der Waals surface area (Å²) in [5.41, 5.74) is 2.38. The van der Waals surface area contributed by atoms with Crippen molar-refractivity contribution < 1.29 is 10.2 Å². The van der Waals surface area contributed by atoms with Crippen LogP contribution in [0.25, 0.3) is 0 Å². The number of nitrogens with zero attached hydrogens (tertiary/aromatic N) is 3. The quantitative estimate of drug-likeness (QED) is 0.338. The smallest absolute Gasteiger partial charge is 0.160 e. The average molecular weight is 213 g/mol. The van der Waals surface area contributed by atoms with E-state index < -0.39 is 0 Å². The summed E-state index contributed by atoms with van der Waals surface area (Å²) in [6.07, 6.45) is 3.03. The van der Waals surface area contributed by atoms with Crippen LogP contribution in [0.2, 0.25) is 0 Å². The molecule has 0 radical (unpaired) electrons. The Labute approximate surface area is 87.5 Å². The summed E-state index contributed by atoms with van der Waals surface area (Å²) in [5, 5.41) is 17.7. The van der Waals surface area contributed by atoms with Gasteiger partial charge in [0.15, 0.2) is 5.82 Å². The van der Waals surface area contributed by atoms with Crippen LogP contribution < -0.4 is 16.2 Å². The van der Waals surface area contributed by atoms with Crippen LogP contribution in [0.15, 0.2) is 12.4 Å². The summed E-state index contributed by atoms with van der Waals surface area (Å²) in [5.74, 6) is 6.20. The van der Waals surface area contributed by atoms with Crippen molar-refractivity contribution in [2.75, 3.05) is 36.6 Å². The monoisotopic (exact) mass is 213 g/mol. The van der Waals surface area contributed by atoms with Crippen molar-refractivity contribution in [3.05, 3.63) is 12.4 Å². The van der Waals surface area contributed by atoms with Gasteiger partial charge in [-0.05, 0) is 0 Å². The van der Waals surface area contributed by atoms with E-state index in [1.165, 1.54) is 6.20 Å². The number of aliphatic hydroxyl groups excluding tert-OH is 2. The Morgan fingerprint density at radius 3 is 2.47 bits per heavy atom.